The molecule has 0 saturated heterocycles. The number of carbonyl (C=O) groups is 1. The fourth-order valence-electron chi connectivity index (χ4n) is 2.93. The molecule has 0 aliphatic heterocycles. The number of nitrogens with one attached hydrogen (secondary N) is 2. The van der Waals surface area contributed by atoms with Gasteiger partial charge in [0.1, 0.15) is 5.82 Å². The number of benzene rings is 2. The Morgan fingerprint density at radius 3 is 2.77 bits per heavy atom. The zero-order valence-electron chi connectivity index (χ0n) is 12.4. The SMILES string of the molecule is CC(=O)c1cc(C)cc2[nH]c(-c3c[nH]c4ccccc34)nc12. The number of Topliss-reactive ketones (excluding diaryl/α,β-unsaturated/α-hetero) is 1. The van der Waals surface area contributed by atoms with E-state index < -0.39 is 0 Å². The molecule has 2 aromatic carbocycles. The molecule has 0 radical (unpaired) electrons. The van der Waals surface area contributed by atoms with Gasteiger partial charge in [-0.3, -0.25) is 4.79 Å². The van der Waals surface area contributed by atoms with E-state index in [-0.39, 0.29) is 5.78 Å². The van der Waals surface area contributed by atoms with Crippen LogP contribution in [0, 0.1) is 6.92 Å². The van der Waals surface area contributed by atoms with Gasteiger partial charge >= 0.3 is 0 Å². The average Bonchev–Trinajstić information content (AvgIpc) is 3.09. The van der Waals surface area contributed by atoms with Crippen molar-refractivity contribution >= 4 is 27.7 Å². The Hall–Kier alpha value is -2.88. The molecule has 2 heterocycles. The molecule has 0 unspecified atom stereocenters. The molecule has 0 atom stereocenters. The van der Waals surface area contributed by atoms with Gasteiger partial charge < -0.3 is 9.97 Å². The Balaban J connectivity index is 2.00. The molecule has 22 heavy (non-hydrogen) atoms. The van der Waals surface area contributed by atoms with Gasteiger partial charge in [-0.05, 0) is 37.6 Å². The standard InChI is InChI=1S/C18H15N3O/c1-10-7-13(11(2)22)17-16(8-10)20-18(21-17)14-9-19-15-6-4-3-5-12(14)15/h3-9,19H,1-2H3,(H,20,21). The Morgan fingerprint density at radius 2 is 1.95 bits per heavy atom. The molecule has 0 spiro atoms. The van der Waals surface area contributed by atoms with E-state index in [2.05, 4.69) is 21.0 Å². The van der Waals surface area contributed by atoms with Gasteiger partial charge in [0.25, 0.3) is 0 Å². The number of hydrogen-bond acceptors (Lipinski definition) is 2. The predicted molar refractivity (Wildman–Crippen MR) is 88.1 cm³/mol. The molecule has 2 aromatic heterocycles. The van der Waals surface area contributed by atoms with Crippen molar-refractivity contribution in [3.63, 3.8) is 0 Å². The summed E-state index contributed by atoms with van der Waals surface area (Å²) in [6.07, 6.45) is 1.95. The first-order chi connectivity index (χ1) is 10.6. The summed E-state index contributed by atoms with van der Waals surface area (Å²) in [5.41, 5.74) is 5.42. The second-order valence-electron chi connectivity index (χ2n) is 5.60. The Bertz CT molecular complexity index is 1020. The maximum Gasteiger partial charge on any atom is 0.162 e. The topological polar surface area (TPSA) is 61.5 Å². The monoisotopic (exact) mass is 289 g/mol. The number of rotatable bonds is 2. The van der Waals surface area contributed by atoms with Gasteiger partial charge in [-0.25, -0.2) is 4.98 Å². The molecule has 0 aliphatic rings. The van der Waals surface area contributed by atoms with Crippen molar-refractivity contribution in [2.75, 3.05) is 0 Å². The number of nitrogens with zero attached hydrogens (tertiary/aromatic N) is 1. The Morgan fingerprint density at radius 1 is 1.14 bits per heavy atom. The minimum atomic E-state index is 0.0330. The maximum atomic E-state index is 11.9. The quantitative estimate of drug-likeness (QED) is 0.543. The van der Waals surface area contributed by atoms with Crippen LogP contribution >= 0.6 is 0 Å². The smallest absolute Gasteiger partial charge is 0.162 e. The summed E-state index contributed by atoms with van der Waals surface area (Å²) in [6, 6.07) is 12.0. The summed E-state index contributed by atoms with van der Waals surface area (Å²) < 4.78 is 0. The minimum absolute atomic E-state index is 0.0330. The molecule has 4 rings (SSSR count). The number of H-pyrrole nitrogens is 2. The van der Waals surface area contributed by atoms with Crippen molar-refractivity contribution in [1.82, 2.24) is 15.0 Å². The molecule has 4 heteroatoms. The second kappa shape index (κ2) is 4.56. The fraction of sp³-hybridized carbons (Fsp3) is 0.111. The Kier molecular flexibility index (Phi) is 2.66. The molecule has 0 bridgehead atoms. The van der Waals surface area contributed by atoms with Crippen molar-refractivity contribution < 1.29 is 4.79 Å². The van der Waals surface area contributed by atoms with E-state index in [1.807, 2.05) is 43.5 Å². The number of aryl methyl sites for hydroxylation is 1. The van der Waals surface area contributed by atoms with Gasteiger partial charge in [-0.15, -0.1) is 0 Å². The number of para-hydroxylation sites is 1. The molecule has 4 nitrogen and oxygen atoms in total. The van der Waals surface area contributed by atoms with E-state index in [9.17, 15) is 4.79 Å². The van der Waals surface area contributed by atoms with Crippen LogP contribution in [0.2, 0.25) is 0 Å². The first kappa shape index (κ1) is 12.8. The van der Waals surface area contributed by atoms with Gasteiger partial charge in [0.15, 0.2) is 5.78 Å². The van der Waals surface area contributed by atoms with Crippen molar-refractivity contribution in [3.8, 4) is 11.4 Å². The number of aromatic amines is 2. The third kappa shape index (κ3) is 1.84. The van der Waals surface area contributed by atoms with Crippen LogP contribution in [-0.4, -0.2) is 20.7 Å². The maximum absolute atomic E-state index is 11.9. The molecular weight excluding hydrogens is 274 g/mol. The number of carbonyl (C=O) groups excluding carboxylic acids is 1. The normalized spacial score (nSPS) is 11.4. The number of aromatic nitrogens is 3. The first-order valence-corrected chi connectivity index (χ1v) is 7.21. The molecule has 0 aliphatic carbocycles. The van der Waals surface area contributed by atoms with Crippen molar-refractivity contribution in [3.05, 3.63) is 53.7 Å². The van der Waals surface area contributed by atoms with Crippen LogP contribution in [0.25, 0.3) is 33.3 Å². The van der Waals surface area contributed by atoms with Gasteiger partial charge in [0.2, 0.25) is 0 Å². The number of ketones is 1. The minimum Gasteiger partial charge on any atom is -0.360 e. The van der Waals surface area contributed by atoms with Crippen molar-refractivity contribution in [2.45, 2.75) is 13.8 Å². The van der Waals surface area contributed by atoms with Gasteiger partial charge in [-0.2, -0.15) is 0 Å². The molecule has 0 fully saturated rings. The van der Waals surface area contributed by atoms with E-state index in [1.165, 1.54) is 0 Å². The number of imidazole rings is 1. The average molecular weight is 289 g/mol. The molecule has 108 valence electrons. The molecule has 4 aromatic rings. The van der Waals surface area contributed by atoms with E-state index in [1.54, 1.807) is 6.92 Å². The summed E-state index contributed by atoms with van der Waals surface area (Å²) >= 11 is 0. The molecular formula is C18H15N3O. The lowest BCUT2D eigenvalue weighted by atomic mass is 10.1. The highest BCUT2D eigenvalue weighted by Crippen LogP contribution is 2.29. The Labute approximate surface area is 127 Å². The third-order valence-electron chi connectivity index (χ3n) is 3.95. The van der Waals surface area contributed by atoms with E-state index in [4.69, 9.17) is 0 Å². The molecule has 2 N–H and O–H groups in total. The zero-order valence-corrected chi connectivity index (χ0v) is 12.4. The summed E-state index contributed by atoms with van der Waals surface area (Å²) in [4.78, 5) is 23.1. The predicted octanol–water partition coefficient (Wildman–Crippen LogP) is 4.22. The highest BCUT2D eigenvalue weighted by Gasteiger charge is 2.14. The summed E-state index contributed by atoms with van der Waals surface area (Å²) in [5, 5.41) is 1.11. The van der Waals surface area contributed by atoms with Gasteiger partial charge in [0.05, 0.1) is 11.0 Å². The van der Waals surface area contributed by atoms with Gasteiger partial charge in [0, 0.05) is 28.2 Å². The number of fused-ring (bicyclic) bond motifs is 2. The van der Waals surface area contributed by atoms with Crippen molar-refractivity contribution in [2.24, 2.45) is 0 Å². The van der Waals surface area contributed by atoms with Crippen molar-refractivity contribution in [1.29, 1.82) is 0 Å². The summed E-state index contributed by atoms with van der Waals surface area (Å²) in [6.45, 7) is 3.56. The lowest BCUT2D eigenvalue weighted by molar-refractivity contribution is 0.101. The summed E-state index contributed by atoms with van der Waals surface area (Å²) in [7, 11) is 0. The van der Waals surface area contributed by atoms with E-state index >= 15 is 0 Å². The fourth-order valence-corrected chi connectivity index (χ4v) is 2.93. The van der Waals surface area contributed by atoms with Crippen LogP contribution in [-0.2, 0) is 0 Å². The summed E-state index contributed by atoms with van der Waals surface area (Å²) in [5.74, 6) is 0.811. The highest BCUT2D eigenvalue weighted by molar-refractivity contribution is 6.06. The van der Waals surface area contributed by atoms with Crippen LogP contribution in [0.1, 0.15) is 22.8 Å². The number of hydrogen-bond donors (Lipinski definition) is 2. The molecule has 0 saturated carbocycles. The lowest BCUT2D eigenvalue weighted by Crippen LogP contribution is -1.94. The van der Waals surface area contributed by atoms with E-state index in [0.29, 0.717) is 5.56 Å². The van der Waals surface area contributed by atoms with Gasteiger partial charge in [-0.1, -0.05) is 18.2 Å². The second-order valence-corrected chi connectivity index (χ2v) is 5.60. The first-order valence-electron chi connectivity index (χ1n) is 7.21. The van der Waals surface area contributed by atoms with Crippen LogP contribution in [0.4, 0.5) is 0 Å². The van der Waals surface area contributed by atoms with Crippen LogP contribution < -0.4 is 0 Å². The van der Waals surface area contributed by atoms with Crippen LogP contribution in [0.3, 0.4) is 0 Å². The zero-order chi connectivity index (χ0) is 15.3. The van der Waals surface area contributed by atoms with Crippen LogP contribution in [0.5, 0.6) is 0 Å². The highest BCUT2D eigenvalue weighted by atomic mass is 16.1. The van der Waals surface area contributed by atoms with Crippen LogP contribution in [0.15, 0.2) is 42.6 Å². The lowest BCUT2D eigenvalue weighted by Gasteiger charge is -1.99. The largest absolute Gasteiger partial charge is 0.360 e. The third-order valence-corrected chi connectivity index (χ3v) is 3.95. The van der Waals surface area contributed by atoms with E-state index in [0.717, 1.165) is 38.9 Å². The molecule has 0 amide bonds.